The number of hydrogen-bond acceptors (Lipinski definition) is 2. The van der Waals surface area contributed by atoms with E-state index in [1.54, 1.807) is 13.8 Å². The quantitative estimate of drug-likeness (QED) is 0.326. The summed E-state index contributed by atoms with van der Waals surface area (Å²) in [6.07, 6.45) is -0.550. The molecule has 0 fully saturated rings. The van der Waals surface area contributed by atoms with E-state index in [4.69, 9.17) is 10.6 Å². The lowest BCUT2D eigenvalue weighted by atomic mass is 10.2. The van der Waals surface area contributed by atoms with Crippen LogP contribution in [-0.4, -0.2) is 17.3 Å². The van der Waals surface area contributed by atoms with Gasteiger partial charge in [0.25, 0.3) is 0 Å². The van der Waals surface area contributed by atoms with Gasteiger partial charge in [-0.15, -0.1) is 0 Å². The molecule has 0 rings (SSSR count). The van der Waals surface area contributed by atoms with E-state index in [0.717, 1.165) is 0 Å². The second-order valence-electron chi connectivity index (χ2n) is 1.69. The Balaban J connectivity index is 3.63. The van der Waals surface area contributed by atoms with Crippen molar-refractivity contribution in [2.45, 2.75) is 26.0 Å². The van der Waals surface area contributed by atoms with Crippen molar-refractivity contribution in [3.05, 3.63) is 10.4 Å². The van der Waals surface area contributed by atoms with Gasteiger partial charge >= 0.3 is 0 Å². The van der Waals surface area contributed by atoms with Crippen molar-refractivity contribution in [2.24, 2.45) is 5.11 Å². The van der Waals surface area contributed by atoms with Gasteiger partial charge in [0.2, 0.25) is 0 Å². The molecule has 0 radical (unpaired) electrons. The van der Waals surface area contributed by atoms with Crippen LogP contribution >= 0.6 is 0 Å². The third-order valence-electron chi connectivity index (χ3n) is 0.932. The first kappa shape index (κ1) is 7.27. The normalized spacial score (nSPS) is 16.4. The Morgan fingerprint density at radius 3 is 2.25 bits per heavy atom. The van der Waals surface area contributed by atoms with Crippen LogP contribution in [0.15, 0.2) is 5.11 Å². The summed E-state index contributed by atoms with van der Waals surface area (Å²) in [7, 11) is 0. The summed E-state index contributed by atoms with van der Waals surface area (Å²) < 4.78 is 0. The van der Waals surface area contributed by atoms with Gasteiger partial charge in [0.15, 0.2) is 0 Å². The van der Waals surface area contributed by atoms with Gasteiger partial charge in [-0.3, -0.25) is 0 Å². The summed E-state index contributed by atoms with van der Waals surface area (Å²) >= 11 is 0. The number of aliphatic hydroxyl groups excluding tert-OH is 1. The van der Waals surface area contributed by atoms with Crippen LogP contribution in [0.25, 0.3) is 10.4 Å². The molecule has 8 heavy (non-hydrogen) atoms. The zero-order chi connectivity index (χ0) is 6.57. The van der Waals surface area contributed by atoms with Crippen molar-refractivity contribution in [3.8, 4) is 0 Å². The van der Waals surface area contributed by atoms with E-state index in [1.807, 2.05) is 0 Å². The summed E-state index contributed by atoms with van der Waals surface area (Å²) in [5.74, 6) is 0. The summed E-state index contributed by atoms with van der Waals surface area (Å²) in [5, 5.41) is 11.9. The number of nitrogens with zero attached hydrogens (tertiary/aromatic N) is 3. The third-order valence-corrected chi connectivity index (χ3v) is 0.932. The second kappa shape index (κ2) is 3.29. The molecule has 0 aliphatic carbocycles. The molecule has 0 aliphatic heterocycles. The third kappa shape index (κ3) is 2.44. The van der Waals surface area contributed by atoms with Crippen molar-refractivity contribution in [1.29, 1.82) is 0 Å². The summed E-state index contributed by atoms with van der Waals surface area (Å²) in [6, 6.07) is -0.319. The molecule has 46 valence electrons. The van der Waals surface area contributed by atoms with Gasteiger partial charge in [-0.05, 0) is 12.5 Å². The zero-order valence-corrected chi connectivity index (χ0v) is 4.94. The smallest absolute Gasteiger partial charge is 0.0602 e. The average molecular weight is 115 g/mol. The Morgan fingerprint density at radius 2 is 2.12 bits per heavy atom. The van der Waals surface area contributed by atoms with Crippen LogP contribution in [0.1, 0.15) is 13.8 Å². The Hall–Kier alpha value is -0.730. The Bertz CT molecular complexity index is 106. The predicted molar refractivity (Wildman–Crippen MR) is 30.3 cm³/mol. The average Bonchev–Trinajstić information content (AvgIpc) is 1.67. The fourth-order valence-electron chi connectivity index (χ4n) is 0.178. The molecule has 2 atom stereocenters. The molecule has 0 bridgehead atoms. The highest BCUT2D eigenvalue weighted by Gasteiger charge is 2.03. The first-order valence-corrected chi connectivity index (χ1v) is 2.40. The molecule has 0 aromatic heterocycles. The maximum Gasteiger partial charge on any atom is 0.0602 e. The van der Waals surface area contributed by atoms with Gasteiger partial charge < -0.3 is 5.11 Å². The maximum absolute atomic E-state index is 8.69. The van der Waals surface area contributed by atoms with Crippen LogP contribution in [-0.2, 0) is 0 Å². The number of aliphatic hydroxyl groups is 1. The van der Waals surface area contributed by atoms with Gasteiger partial charge in [-0.1, -0.05) is 12.0 Å². The van der Waals surface area contributed by atoms with E-state index < -0.39 is 6.10 Å². The van der Waals surface area contributed by atoms with Crippen molar-refractivity contribution >= 4 is 0 Å². The minimum Gasteiger partial charge on any atom is -0.393 e. The first-order valence-electron chi connectivity index (χ1n) is 2.40. The fourth-order valence-corrected chi connectivity index (χ4v) is 0.178. The number of hydrogen-bond donors (Lipinski definition) is 1. The van der Waals surface area contributed by atoms with E-state index in [-0.39, 0.29) is 6.04 Å². The Morgan fingerprint density at radius 1 is 1.62 bits per heavy atom. The van der Waals surface area contributed by atoms with Crippen LogP contribution in [0.5, 0.6) is 0 Å². The molecule has 0 saturated heterocycles. The number of azide groups is 1. The maximum atomic E-state index is 8.69. The topological polar surface area (TPSA) is 69.0 Å². The molecule has 4 nitrogen and oxygen atoms in total. The number of rotatable bonds is 2. The van der Waals surface area contributed by atoms with Crippen LogP contribution in [0.2, 0.25) is 0 Å². The summed E-state index contributed by atoms with van der Waals surface area (Å²) in [4.78, 5) is 2.52. The lowest BCUT2D eigenvalue weighted by molar-refractivity contribution is 0.170. The van der Waals surface area contributed by atoms with Crippen LogP contribution in [0.3, 0.4) is 0 Å². The molecule has 0 spiro atoms. The predicted octanol–water partition coefficient (Wildman–Crippen LogP) is 1.07. The lowest BCUT2D eigenvalue weighted by Gasteiger charge is -2.04. The standard InChI is InChI=1S/C4H9N3O/c1-3(4(2)8)6-7-5/h3-4,8H,1-2H3/t3-,4+/m0/s1. The highest BCUT2D eigenvalue weighted by Crippen LogP contribution is 1.95. The largest absolute Gasteiger partial charge is 0.393 e. The molecule has 0 aromatic rings. The van der Waals surface area contributed by atoms with Gasteiger partial charge in [0, 0.05) is 4.91 Å². The van der Waals surface area contributed by atoms with Gasteiger partial charge in [0.05, 0.1) is 12.1 Å². The Kier molecular flexibility index (Phi) is 2.99. The molecule has 0 amide bonds. The minimum atomic E-state index is -0.550. The second-order valence-corrected chi connectivity index (χ2v) is 1.69. The van der Waals surface area contributed by atoms with E-state index >= 15 is 0 Å². The molecular weight excluding hydrogens is 106 g/mol. The lowest BCUT2D eigenvalue weighted by Crippen LogP contribution is -2.15. The highest BCUT2D eigenvalue weighted by molar-refractivity contribution is 4.65. The molecule has 1 N–H and O–H groups in total. The molecule has 4 heteroatoms. The molecular formula is C4H9N3O. The molecule has 0 unspecified atom stereocenters. The summed E-state index contributed by atoms with van der Waals surface area (Å²) in [6.45, 7) is 3.24. The SMILES string of the molecule is C[C@H](N=[N+]=[N-])[C@@H](C)O. The van der Waals surface area contributed by atoms with E-state index in [9.17, 15) is 0 Å². The zero-order valence-electron chi connectivity index (χ0n) is 4.94. The van der Waals surface area contributed by atoms with Crippen molar-refractivity contribution in [1.82, 2.24) is 0 Å². The van der Waals surface area contributed by atoms with Crippen molar-refractivity contribution in [3.63, 3.8) is 0 Å². The monoisotopic (exact) mass is 115 g/mol. The molecule has 0 aliphatic rings. The molecule has 0 heterocycles. The van der Waals surface area contributed by atoms with Crippen LogP contribution in [0, 0.1) is 0 Å². The van der Waals surface area contributed by atoms with E-state index in [2.05, 4.69) is 10.0 Å². The van der Waals surface area contributed by atoms with Gasteiger partial charge in [-0.2, -0.15) is 0 Å². The summed E-state index contributed by atoms with van der Waals surface area (Å²) in [5.41, 5.74) is 7.83. The van der Waals surface area contributed by atoms with E-state index in [0.29, 0.717) is 0 Å². The molecule has 0 saturated carbocycles. The van der Waals surface area contributed by atoms with Crippen LogP contribution in [0.4, 0.5) is 0 Å². The minimum absolute atomic E-state index is 0.319. The Labute approximate surface area is 47.8 Å². The van der Waals surface area contributed by atoms with Crippen molar-refractivity contribution in [2.75, 3.05) is 0 Å². The molecule has 0 aromatic carbocycles. The van der Waals surface area contributed by atoms with Gasteiger partial charge in [0.1, 0.15) is 0 Å². The van der Waals surface area contributed by atoms with Crippen molar-refractivity contribution < 1.29 is 5.11 Å². The van der Waals surface area contributed by atoms with Gasteiger partial charge in [-0.25, -0.2) is 0 Å². The highest BCUT2D eigenvalue weighted by atomic mass is 16.3. The van der Waals surface area contributed by atoms with E-state index in [1.165, 1.54) is 0 Å². The first-order chi connectivity index (χ1) is 3.68. The fraction of sp³-hybridized carbons (Fsp3) is 1.00. The van der Waals surface area contributed by atoms with Crippen LogP contribution < -0.4 is 0 Å².